The predicted molar refractivity (Wildman–Crippen MR) is 111 cm³/mol. The van der Waals surface area contributed by atoms with Crippen molar-refractivity contribution in [2.24, 2.45) is 0 Å². The van der Waals surface area contributed by atoms with Crippen molar-refractivity contribution in [1.29, 1.82) is 0 Å². The molecule has 152 valence electrons. The summed E-state index contributed by atoms with van der Waals surface area (Å²) in [6, 6.07) is 11.5. The van der Waals surface area contributed by atoms with E-state index in [1.165, 1.54) is 4.90 Å². The highest BCUT2D eigenvalue weighted by molar-refractivity contribution is 6.07. The molecule has 1 atom stereocenters. The van der Waals surface area contributed by atoms with E-state index in [2.05, 4.69) is 20.1 Å². The zero-order chi connectivity index (χ0) is 20.4. The van der Waals surface area contributed by atoms with Gasteiger partial charge in [-0.2, -0.15) is 0 Å². The summed E-state index contributed by atoms with van der Waals surface area (Å²) in [6.07, 6.45) is 4.11. The Morgan fingerprint density at radius 3 is 2.28 bits per heavy atom. The lowest BCUT2D eigenvalue weighted by Crippen LogP contribution is -2.51. The number of aromatic nitrogens is 1. The van der Waals surface area contributed by atoms with Gasteiger partial charge < -0.3 is 10.2 Å². The molecule has 2 aliphatic rings. The third kappa shape index (κ3) is 3.58. The molecule has 4 rings (SSSR count). The smallest absolute Gasteiger partial charge is 0.326 e. The van der Waals surface area contributed by atoms with Gasteiger partial charge in [0.25, 0.3) is 5.91 Å². The van der Waals surface area contributed by atoms with Gasteiger partial charge in [-0.15, -0.1) is 0 Å². The molecule has 0 spiro atoms. The highest BCUT2D eigenvalue weighted by Gasteiger charge is 2.51. The molecule has 7 heteroatoms. The summed E-state index contributed by atoms with van der Waals surface area (Å²) in [7, 11) is 0. The number of carbonyl (C=O) groups is 2. The molecule has 0 bridgehead atoms. The Hall–Kier alpha value is -2.93. The quantitative estimate of drug-likeness (QED) is 0.790. The van der Waals surface area contributed by atoms with Crippen LogP contribution in [0.3, 0.4) is 0 Å². The van der Waals surface area contributed by atoms with Crippen molar-refractivity contribution in [2.75, 3.05) is 37.7 Å². The van der Waals surface area contributed by atoms with E-state index in [-0.39, 0.29) is 11.9 Å². The molecule has 0 saturated carbocycles. The summed E-state index contributed by atoms with van der Waals surface area (Å²) >= 11 is 0. The van der Waals surface area contributed by atoms with E-state index >= 15 is 0 Å². The zero-order valence-electron chi connectivity index (χ0n) is 17.0. The summed E-state index contributed by atoms with van der Waals surface area (Å²) in [5.74, 6) is -0.162. The van der Waals surface area contributed by atoms with Gasteiger partial charge >= 0.3 is 6.03 Å². The van der Waals surface area contributed by atoms with Gasteiger partial charge in [0.15, 0.2) is 0 Å². The average Bonchev–Trinajstić information content (AvgIpc) is 3.00. The lowest BCUT2D eigenvalue weighted by Gasteiger charge is -2.37. The number of imide groups is 1. The fraction of sp³-hybridized carbons (Fsp3) is 0.409. The van der Waals surface area contributed by atoms with Crippen molar-refractivity contribution in [3.05, 3.63) is 59.9 Å². The number of urea groups is 1. The molecule has 0 unspecified atom stereocenters. The van der Waals surface area contributed by atoms with E-state index < -0.39 is 5.54 Å². The molecule has 7 nitrogen and oxygen atoms in total. The van der Waals surface area contributed by atoms with Gasteiger partial charge in [-0.25, -0.2) is 9.69 Å². The van der Waals surface area contributed by atoms with Gasteiger partial charge in [0.05, 0.1) is 6.67 Å². The number of benzene rings is 1. The van der Waals surface area contributed by atoms with Gasteiger partial charge in [0, 0.05) is 44.3 Å². The number of amides is 3. The topological polar surface area (TPSA) is 68.8 Å². The van der Waals surface area contributed by atoms with Crippen molar-refractivity contribution in [2.45, 2.75) is 25.8 Å². The molecule has 3 heterocycles. The van der Waals surface area contributed by atoms with Gasteiger partial charge in [0.1, 0.15) is 5.54 Å². The van der Waals surface area contributed by atoms with Crippen molar-refractivity contribution in [3.63, 3.8) is 0 Å². The molecule has 0 aliphatic carbocycles. The van der Waals surface area contributed by atoms with Crippen LogP contribution in [-0.2, 0) is 10.3 Å². The number of nitrogens with one attached hydrogen (secondary N) is 1. The Bertz CT molecular complexity index is 878. The van der Waals surface area contributed by atoms with Crippen molar-refractivity contribution >= 4 is 17.6 Å². The monoisotopic (exact) mass is 393 g/mol. The number of aryl methyl sites for hydroxylation is 1. The molecule has 3 amide bonds. The zero-order valence-corrected chi connectivity index (χ0v) is 17.0. The maximum atomic E-state index is 13.3. The van der Waals surface area contributed by atoms with E-state index in [0.29, 0.717) is 13.1 Å². The van der Waals surface area contributed by atoms with Crippen LogP contribution in [0.15, 0.2) is 48.8 Å². The molecule has 1 aromatic heterocycles. The number of hydrogen-bond acceptors (Lipinski definition) is 5. The fourth-order valence-corrected chi connectivity index (χ4v) is 4.13. The van der Waals surface area contributed by atoms with Crippen molar-refractivity contribution < 1.29 is 9.59 Å². The molecule has 2 aliphatic heterocycles. The van der Waals surface area contributed by atoms with E-state index in [1.807, 2.05) is 50.2 Å². The summed E-state index contributed by atoms with van der Waals surface area (Å²) in [5, 5.41) is 2.97. The molecule has 1 N–H and O–H groups in total. The minimum Gasteiger partial charge on any atom is -0.369 e. The number of piperazine rings is 1. The van der Waals surface area contributed by atoms with Crippen LogP contribution in [-0.4, -0.2) is 59.6 Å². The van der Waals surface area contributed by atoms with Crippen molar-refractivity contribution in [3.8, 4) is 0 Å². The number of hydrogen-bond donors (Lipinski definition) is 1. The van der Waals surface area contributed by atoms with Crippen LogP contribution in [0.25, 0.3) is 0 Å². The van der Waals surface area contributed by atoms with Gasteiger partial charge in [0.2, 0.25) is 0 Å². The predicted octanol–water partition coefficient (Wildman–Crippen LogP) is 2.33. The van der Waals surface area contributed by atoms with Crippen LogP contribution >= 0.6 is 0 Å². The lowest BCUT2D eigenvalue weighted by molar-refractivity contribution is -0.133. The number of anilines is 1. The first kappa shape index (κ1) is 19.4. The summed E-state index contributed by atoms with van der Waals surface area (Å²) in [4.78, 5) is 35.9. The number of nitrogens with zero attached hydrogens (tertiary/aromatic N) is 4. The molecular formula is C22H27N5O2. The second-order valence-electron chi connectivity index (χ2n) is 7.74. The highest BCUT2D eigenvalue weighted by atomic mass is 16.2. The lowest BCUT2D eigenvalue weighted by atomic mass is 9.87. The maximum Gasteiger partial charge on any atom is 0.326 e. The third-order valence-electron chi connectivity index (χ3n) is 5.99. The normalized spacial score (nSPS) is 22.8. The van der Waals surface area contributed by atoms with Gasteiger partial charge in [-0.1, -0.05) is 36.8 Å². The summed E-state index contributed by atoms with van der Waals surface area (Å²) in [5.41, 5.74) is 2.15. The molecule has 2 saturated heterocycles. The summed E-state index contributed by atoms with van der Waals surface area (Å²) < 4.78 is 0. The van der Waals surface area contributed by atoms with Gasteiger partial charge in [-0.3, -0.25) is 14.7 Å². The summed E-state index contributed by atoms with van der Waals surface area (Å²) in [6.45, 7) is 7.56. The second kappa shape index (κ2) is 7.83. The number of carbonyl (C=O) groups excluding carboxylic acids is 2. The second-order valence-corrected chi connectivity index (χ2v) is 7.74. The van der Waals surface area contributed by atoms with E-state index in [4.69, 9.17) is 0 Å². The maximum absolute atomic E-state index is 13.3. The fourth-order valence-electron chi connectivity index (χ4n) is 4.13. The van der Waals surface area contributed by atoms with Crippen LogP contribution in [0.2, 0.25) is 0 Å². The third-order valence-corrected chi connectivity index (χ3v) is 5.99. The van der Waals surface area contributed by atoms with Crippen LogP contribution in [0, 0.1) is 6.92 Å². The van der Waals surface area contributed by atoms with E-state index in [1.54, 1.807) is 12.4 Å². The Kier molecular flexibility index (Phi) is 5.24. The number of pyridine rings is 1. The van der Waals surface area contributed by atoms with Crippen LogP contribution < -0.4 is 10.2 Å². The van der Waals surface area contributed by atoms with Crippen molar-refractivity contribution in [1.82, 2.24) is 20.1 Å². The molecule has 0 radical (unpaired) electrons. The highest BCUT2D eigenvalue weighted by Crippen LogP contribution is 2.32. The SMILES string of the molecule is CC[C@]1(c2ccc(C)cc2)NC(=O)N(CN2CCN(c3ccncc3)CC2)C1=O. The molecule has 1 aromatic carbocycles. The van der Waals surface area contributed by atoms with Crippen LogP contribution in [0.4, 0.5) is 10.5 Å². The van der Waals surface area contributed by atoms with E-state index in [0.717, 1.165) is 43.0 Å². The van der Waals surface area contributed by atoms with Crippen LogP contribution in [0.1, 0.15) is 24.5 Å². The average molecular weight is 393 g/mol. The number of rotatable bonds is 5. The molecule has 2 fully saturated rings. The Morgan fingerprint density at radius 2 is 1.66 bits per heavy atom. The first-order valence-corrected chi connectivity index (χ1v) is 10.1. The standard InChI is InChI=1S/C22H27N5O2/c1-3-22(18-6-4-17(2)5-7-18)20(28)27(21(29)24-22)16-25-12-14-26(15-13-25)19-8-10-23-11-9-19/h4-11H,3,12-16H2,1-2H3,(H,24,29)/t22-/m1/s1. The molecule has 2 aromatic rings. The Labute approximate surface area is 171 Å². The molecular weight excluding hydrogens is 366 g/mol. The molecule has 29 heavy (non-hydrogen) atoms. The van der Waals surface area contributed by atoms with E-state index in [9.17, 15) is 9.59 Å². The Balaban J connectivity index is 1.44. The first-order valence-electron chi connectivity index (χ1n) is 10.1. The minimum absolute atomic E-state index is 0.162. The van der Waals surface area contributed by atoms with Gasteiger partial charge in [-0.05, 0) is 31.0 Å². The minimum atomic E-state index is -0.969. The van der Waals surface area contributed by atoms with Crippen LogP contribution in [0.5, 0.6) is 0 Å². The Morgan fingerprint density at radius 1 is 1.00 bits per heavy atom. The largest absolute Gasteiger partial charge is 0.369 e. The first-order chi connectivity index (χ1) is 14.0.